The second-order valence-corrected chi connectivity index (χ2v) is 12.3. The number of thiophene rings is 1. The van der Waals surface area contributed by atoms with Crippen LogP contribution in [0, 0.1) is 6.92 Å². The summed E-state index contributed by atoms with van der Waals surface area (Å²) in [5.41, 5.74) is 3.08. The summed E-state index contributed by atoms with van der Waals surface area (Å²) < 4.78 is 7.49. The Balaban J connectivity index is 1.18. The molecule has 2 aromatic carbocycles. The lowest BCUT2D eigenvalue weighted by Crippen LogP contribution is -2.55. The first-order valence-electron chi connectivity index (χ1n) is 13.8. The van der Waals surface area contributed by atoms with Gasteiger partial charge in [-0.2, -0.15) is 0 Å². The third-order valence-corrected chi connectivity index (χ3v) is 9.12. The van der Waals surface area contributed by atoms with Crippen LogP contribution in [0.5, 0.6) is 5.75 Å². The van der Waals surface area contributed by atoms with Crippen LogP contribution in [0.3, 0.4) is 0 Å². The van der Waals surface area contributed by atoms with Gasteiger partial charge in [0, 0.05) is 54.0 Å². The van der Waals surface area contributed by atoms with Crippen molar-refractivity contribution in [1.29, 1.82) is 0 Å². The molecular formula is C31H35N5O3S2. The molecule has 8 nitrogen and oxygen atoms in total. The van der Waals surface area contributed by atoms with Crippen molar-refractivity contribution in [1.82, 2.24) is 24.6 Å². The molecule has 1 fully saturated rings. The number of carbonyl (C=O) groups excluding carboxylic acids is 2. The van der Waals surface area contributed by atoms with E-state index in [9.17, 15) is 9.59 Å². The fraction of sp³-hybridized carbons (Fsp3) is 0.355. The molecule has 2 aromatic heterocycles. The Morgan fingerprint density at radius 3 is 2.61 bits per heavy atom. The van der Waals surface area contributed by atoms with Crippen molar-refractivity contribution in [2.45, 2.75) is 44.3 Å². The standard InChI is InChI=1S/C31H35N5O3S2/c1-22-11-13-25(14-12-22)36-30(24-7-4-8-26(19-24)39-3)32-33-31(36)41-18-6-10-28(37)34-15-16-35(23(2)21-34)29(38)20-27-9-5-17-40-27/h4-5,7-9,11-14,17,19,23H,6,10,15-16,18,20-21H2,1-3H3. The van der Waals surface area contributed by atoms with Crippen LogP contribution in [0.4, 0.5) is 0 Å². The number of aromatic nitrogens is 3. The predicted molar refractivity (Wildman–Crippen MR) is 164 cm³/mol. The van der Waals surface area contributed by atoms with Crippen LogP contribution < -0.4 is 4.74 Å². The molecule has 3 heterocycles. The van der Waals surface area contributed by atoms with Gasteiger partial charge in [0.2, 0.25) is 11.8 Å². The van der Waals surface area contributed by atoms with Crippen molar-refractivity contribution in [2.24, 2.45) is 0 Å². The maximum atomic E-state index is 13.0. The predicted octanol–water partition coefficient (Wildman–Crippen LogP) is 5.49. The molecule has 0 radical (unpaired) electrons. The van der Waals surface area contributed by atoms with Gasteiger partial charge in [0.25, 0.3) is 0 Å². The second kappa shape index (κ2) is 13.4. The van der Waals surface area contributed by atoms with Crippen LogP contribution in [0.25, 0.3) is 17.1 Å². The first-order valence-corrected chi connectivity index (χ1v) is 15.7. The molecule has 5 rings (SSSR count). The Morgan fingerprint density at radius 2 is 1.88 bits per heavy atom. The number of rotatable bonds is 10. The van der Waals surface area contributed by atoms with Crippen LogP contribution in [0.1, 0.15) is 30.2 Å². The fourth-order valence-electron chi connectivity index (χ4n) is 5.00. The van der Waals surface area contributed by atoms with Gasteiger partial charge in [-0.25, -0.2) is 0 Å². The van der Waals surface area contributed by atoms with Gasteiger partial charge in [-0.1, -0.05) is 47.7 Å². The maximum absolute atomic E-state index is 13.0. The molecule has 2 amide bonds. The number of aryl methyl sites for hydroxylation is 1. The van der Waals surface area contributed by atoms with E-state index in [1.54, 1.807) is 30.2 Å². The van der Waals surface area contributed by atoms with Gasteiger partial charge in [0.05, 0.1) is 13.5 Å². The lowest BCUT2D eigenvalue weighted by Gasteiger charge is -2.40. The summed E-state index contributed by atoms with van der Waals surface area (Å²) in [6.45, 7) is 5.83. The SMILES string of the molecule is COc1cccc(-c2nnc(SCCCC(=O)N3CCN(C(=O)Cc4cccs4)C(C)C3)n2-c2ccc(C)cc2)c1. The molecule has 1 unspecified atom stereocenters. The summed E-state index contributed by atoms with van der Waals surface area (Å²) in [6.07, 6.45) is 1.62. The number of amides is 2. The van der Waals surface area contributed by atoms with E-state index in [1.165, 1.54) is 5.56 Å². The molecule has 41 heavy (non-hydrogen) atoms. The van der Waals surface area contributed by atoms with Crippen molar-refractivity contribution < 1.29 is 14.3 Å². The van der Waals surface area contributed by atoms with Crippen molar-refractivity contribution in [3.63, 3.8) is 0 Å². The van der Waals surface area contributed by atoms with E-state index < -0.39 is 0 Å². The number of ether oxygens (including phenoxy) is 1. The number of piperazine rings is 1. The Bertz CT molecular complexity index is 1470. The minimum Gasteiger partial charge on any atom is -0.497 e. The lowest BCUT2D eigenvalue weighted by atomic mass is 10.1. The van der Waals surface area contributed by atoms with Crippen LogP contribution in [0.15, 0.2) is 71.2 Å². The Labute approximate surface area is 249 Å². The van der Waals surface area contributed by atoms with Crippen LogP contribution in [-0.2, 0) is 16.0 Å². The van der Waals surface area contributed by atoms with Crippen LogP contribution in [0.2, 0.25) is 0 Å². The minimum atomic E-state index is 0.0117. The number of hydrogen-bond donors (Lipinski definition) is 0. The van der Waals surface area contributed by atoms with Crippen molar-refractivity contribution in [3.8, 4) is 22.8 Å². The monoisotopic (exact) mass is 589 g/mol. The average molecular weight is 590 g/mol. The van der Waals surface area contributed by atoms with Gasteiger partial charge in [-0.05, 0) is 56.0 Å². The highest BCUT2D eigenvalue weighted by molar-refractivity contribution is 7.99. The maximum Gasteiger partial charge on any atom is 0.228 e. The zero-order valence-electron chi connectivity index (χ0n) is 23.7. The molecule has 1 atom stereocenters. The van der Waals surface area contributed by atoms with Crippen LogP contribution >= 0.6 is 23.1 Å². The van der Waals surface area contributed by atoms with E-state index in [4.69, 9.17) is 4.74 Å². The Kier molecular flexibility index (Phi) is 9.41. The third kappa shape index (κ3) is 7.00. The summed E-state index contributed by atoms with van der Waals surface area (Å²) in [5, 5.41) is 11.8. The molecule has 214 valence electrons. The van der Waals surface area contributed by atoms with Crippen molar-refractivity contribution >= 4 is 34.9 Å². The number of hydrogen-bond acceptors (Lipinski definition) is 7. The number of benzene rings is 2. The molecule has 0 spiro atoms. The minimum absolute atomic E-state index is 0.0117. The fourth-order valence-corrected chi connectivity index (χ4v) is 6.59. The van der Waals surface area contributed by atoms with Gasteiger partial charge in [0.15, 0.2) is 11.0 Å². The zero-order valence-corrected chi connectivity index (χ0v) is 25.3. The largest absolute Gasteiger partial charge is 0.497 e. The molecule has 1 aliphatic heterocycles. The highest BCUT2D eigenvalue weighted by Gasteiger charge is 2.29. The summed E-state index contributed by atoms with van der Waals surface area (Å²) in [4.78, 5) is 30.7. The van der Waals surface area contributed by atoms with E-state index in [-0.39, 0.29) is 17.9 Å². The van der Waals surface area contributed by atoms with Gasteiger partial charge in [0.1, 0.15) is 5.75 Å². The summed E-state index contributed by atoms with van der Waals surface area (Å²) in [6, 6.07) is 20.1. The summed E-state index contributed by atoms with van der Waals surface area (Å²) >= 11 is 3.21. The van der Waals surface area contributed by atoms with Crippen LogP contribution in [-0.4, -0.2) is 74.9 Å². The number of thioether (sulfide) groups is 1. The quantitative estimate of drug-likeness (QED) is 0.180. The summed E-state index contributed by atoms with van der Waals surface area (Å²) in [5.74, 6) is 2.51. The smallest absolute Gasteiger partial charge is 0.228 e. The van der Waals surface area contributed by atoms with E-state index in [0.717, 1.165) is 45.0 Å². The highest BCUT2D eigenvalue weighted by Crippen LogP contribution is 2.30. The lowest BCUT2D eigenvalue weighted by molar-refractivity contribution is -0.142. The van der Waals surface area contributed by atoms with E-state index in [1.807, 2.05) is 58.5 Å². The van der Waals surface area contributed by atoms with E-state index in [0.29, 0.717) is 32.5 Å². The van der Waals surface area contributed by atoms with Gasteiger partial charge < -0.3 is 14.5 Å². The molecule has 1 aliphatic rings. The van der Waals surface area contributed by atoms with Crippen molar-refractivity contribution in [3.05, 3.63) is 76.5 Å². The molecule has 0 bridgehead atoms. The molecule has 0 saturated carbocycles. The Hall–Kier alpha value is -3.63. The first-order chi connectivity index (χ1) is 19.9. The normalized spacial score (nSPS) is 15.2. The number of methoxy groups -OCH3 is 1. The highest BCUT2D eigenvalue weighted by atomic mass is 32.2. The van der Waals surface area contributed by atoms with Crippen molar-refractivity contribution in [2.75, 3.05) is 32.5 Å². The van der Waals surface area contributed by atoms with Gasteiger partial charge >= 0.3 is 0 Å². The number of carbonyl (C=O) groups is 2. The molecule has 10 heteroatoms. The zero-order chi connectivity index (χ0) is 28.8. The number of nitrogens with zero attached hydrogens (tertiary/aromatic N) is 5. The molecular weight excluding hydrogens is 555 g/mol. The topological polar surface area (TPSA) is 80.6 Å². The molecule has 4 aromatic rings. The van der Waals surface area contributed by atoms with E-state index in [2.05, 4.69) is 46.0 Å². The van der Waals surface area contributed by atoms with Gasteiger partial charge in [-0.15, -0.1) is 21.5 Å². The first kappa shape index (κ1) is 28.9. The molecule has 1 saturated heterocycles. The average Bonchev–Trinajstić information content (AvgIpc) is 3.65. The second-order valence-electron chi connectivity index (χ2n) is 10.2. The molecule has 0 aliphatic carbocycles. The third-order valence-electron chi connectivity index (χ3n) is 7.23. The van der Waals surface area contributed by atoms with E-state index >= 15 is 0 Å². The summed E-state index contributed by atoms with van der Waals surface area (Å²) in [7, 11) is 1.65. The molecule has 0 N–H and O–H groups in total. The Morgan fingerprint density at radius 1 is 1.05 bits per heavy atom. The van der Waals surface area contributed by atoms with Gasteiger partial charge in [-0.3, -0.25) is 14.2 Å².